The number of thioether (sulfide) groups is 1. The molecule has 5 heteroatoms. The number of nitrogens with one attached hydrogen (secondary N) is 2. The van der Waals surface area contributed by atoms with Gasteiger partial charge in [0.25, 0.3) is 5.91 Å². The zero-order chi connectivity index (χ0) is 13.5. The molecule has 0 fully saturated rings. The zero-order valence-corrected chi connectivity index (χ0v) is 11.9. The van der Waals surface area contributed by atoms with Crippen LogP contribution in [0.25, 0.3) is 0 Å². The Morgan fingerprint density at radius 2 is 2.22 bits per heavy atom. The number of amides is 1. The normalized spacial score (nSPS) is 11.9. The highest BCUT2D eigenvalue weighted by Crippen LogP contribution is 2.21. The van der Waals surface area contributed by atoms with Gasteiger partial charge in [-0.05, 0) is 30.9 Å². The molecule has 0 aliphatic rings. The number of rotatable bonds is 6. The van der Waals surface area contributed by atoms with Crippen molar-refractivity contribution >= 4 is 29.0 Å². The predicted octanol–water partition coefficient (Wildman–Crippen LogP) is 2.18. The van der Waals surface area contributed by atoms with Gasteiger partial charge in [0.2, 0.25) is 0 Å². The number of nitrogens with two attached hydrogens (primary N) is 1. The van der Waals surface area contributed by atoms with Crippen LogP contribution in [-0.2, 0) is 0 Å². The van der Waals surface area contributed by atoms with E-state index in [1.54, 1.807) is 19.2 Å². The summed E-state index contributed by atoms with van der Waals surface area (Å²) in [6, 6.07) is 5.67. The molecule has 1 unspecified atom stereocenters. The quantitative estimate of drug-likeness (QED) is 0.691. The molecule has 4 nitrogen and oxygen atoms in total. The summed E-state index contributed by atoms with van der Waals surface area (Å²) in [5.41, 5.74) is 8.00. The third-order valence-electron chi connectivity index (χ3n) is 2.51. The van der Waals surface area contributed by atoms with Gasteiger partial charge in [-0.3, -0.25) is 4.79 Å². The Balaban J connectivity index is 2.70. The molecule has 1 aromatic carbocycles. The van der Waals surface area contributed by atoms with Crippen LogP contribution in [0.15, 0.2) is 18.2 Å². The summed E-state index contributed by atoms with van der Waals surface area (Å²) in [6.07, 6.45) is 0. The highest BCUT2D eigenvalue weighted by Gasteiger charge is 2.08. The van der Waals surface area contributed by atoms with Crippen molar-refractivity contribution in [3.05, 3.63) is 23.8 Å². The average Bonchev–Trinajstić information content (AvgIpc) is 2.37. The molecule has 1 aromatic rings. The van der Waals surface area contributed by atoms with E-state index in [1.165, 1.54) is 0 Å². The summed E-state index contributed by atoms with van der Waals surface area (Å²) < 4.78 is 0. The number of carbonyl (C=O) groups excluding carboxylic acids is 1. The first-order valence-corrected chi connectivity index (χ1v) is 7.19. The third kappa shape index (κ3) is 4.14. The highest BCUT2D eigenvalue weighted by molar-refractivity contribution is 7.99. The van der Waals surface area contributed by atoms with Crippen molar-refractivity contribution in [1.29, 1.82) is 0 Å². The Morgan fingerprint density at radius 1 is 1.50 bits per heavy atom. The molecular weight excluding hydrogens is 246 g/mol. The molecule has 0 spiro atoms. The zero-order valence-electron chi connectivity index (χ0n) is 11.1. The Hall–Kier alpha value is -1.36. The maximum absolute atomic E-state index is 11.5. The summed E-state index contributed by atoms with van der Waals surface area (Å²) in [5.74, 6) is 2.02. The van der Waals surface area contributed by atoms with Crippen LogP contribution in [-0.4, -0.2) is 30.5 Å². The standard InChI is InChI=1S/C13H21N3OS/c1-4-18-8-9(2)16-12-6-5-10(7-11(12)14)13(17)15-3/h5-7,9,16H,4,8,14H2,1-3H3,(H,15,17). The van der Waals surface area contributed by atoms with Crippen molar-refractivity contribution in [3.63, 3.8) is 0 Å². The number of hydrogen-bond acceptors (Lipinski definition) is 4. The smallest absolute Gasteiger partial charge is 0.251 e. The lowest BCUT2D eigenvalue weighted by Crippen LogP contribution is -2.20. The van der Waals surface area contributed by atoms with Crippen LogP contribution in [0, 0.1) is 0 Å². The van der Waals surface area contributed by atoms with Crippen LogP contribution in [0.5, 0.6) is 0 Å². The van der Waals surface area contributed by atoms with Gasteiger partial charge in [0.1, 0.15) is 0 Å². The Labute approximate surface area is 113 Å². The molecule has 0 heterocycles. The average molecular weight is 267 g/mol. The molecule has 18 heavy (non-hydrogen) atoms. The number of hydrogen-bond donors (Lipinski definition) is 3. The minimum atomic E-state index is -0.122. The Bertz CT molecular complexity index is 409. The first-order valence-electron chi connectivity index (χ1n) is 6.04. The first kappa shape index (κ1) is 14.7. The number of benzene rings is 1. The summed E-state index contributed by atoms with van der Waals surface area (Å²) in [7, 11) is 1.61. The molecule has 4 N–H and O–H groups in total. The van der Waals surface area contributed by atoms with E-state index in [1.807, 2.05) is 17.8 Å². The van der Waals surface area contributed by atoms with E-state index >= 15 is 0 Å². The van der Waals surface area contributed by atoms with Gasteiger partial charge in [-0.2, -0.15) is 11.8 Å². The van der Waals surface area contributed by atoms with Crippen LogP contribution >= 0.6 is 11.8 Å². The molecule has 0 aliphatic carbocycles. The van der Waals surface area contributed by atoms with Crippen LogP contribution in [0.3, 0.4) is 0 Å². The maximum atomic E-state index is 11.5. The molecule has 1 rings (SSSR count). The highest BCUT2D eigenvalue weighted by atomic mass is 32.2. The van der Waals surface area contributed by atoms with Gasteiger partial charge in [-0.15, -0.1) is 0 Å². The van der Waals surface area contributed by atoms with E-state index in [2.05, 4.69) is 24.5 Å². The first-order chi connectivity index (χ1) is 8.58. The maximum Gasteiger partial charge on any atom is 0.251 e. The largest absolute Gasteiger partial charge is 0.397 e. The summed E-state index contributed by atoms with van der Waals surface area (Å²) >= 11 is 1.89. The van der Waals surface area contributed by atoms with Crippen LogP contribution in [0.4, 0.5) is 11.4 Å². The lowest BCUT2D eigenvalue weighted by molar-refractivity contribution is 0.0963. The second-order valence-electron chi connectivity index (χ2n) is 4.09. The summed E-state index contributed by atoms with van der Waals surface area (Å²) in [5, 5.41) is 5.93. The Kier molecular flexibility index (Phi) is 5.85. The molecular formula is C13H21N3OS. The lowest BCUT2D eigenvalue weighted by atomic mass is 10.1. The van der Waals surface area contributed by atoms with E-state index in [0.29, 0.717) is 17.3 Å². The van der Waals surface area contributed by atoms with Gasteiger partial charge in [-0.25, -0.2) is 0 Å². The van der Waals surface area contributed by atoms with Crippen molar-refractivity contribution in [3.8, 4) is 0 Å². The second kappa shape index (κ2) is 7.16. The van der Waals surface area contributed by atoms with E-state index in [4.69, 9.17) is 5.73 Å². The van der Waals surface area contributed by atoms with Crippen LogP contribution in [0.2, 0.25) is 0 Å². The van der Waals surface area contributed by atoms with Crippen LogP contribution < -0.4 is 16.4 Å². The topological polar surface area (TPSA) is 67.2 Å². The molecule has 1 atom stereocenters. The van der Waals surface area contributed by atoms with Gasteiger partial charge >= 0.3 is 0 Å². The molecule has 0 saturated carbocycles. The van der Waals surface area contributed by atoms with Crippen molar-refractivity contribution in [2.75, 3.05) is 29.6 Å². The van der Waals surface area contributed by atoms with Crippen LogP contribution in [0.1, 0.15) is 24.2 Å². The third-order valence-corrected chi connectivity index (χ3v) is 3.66. The van der Waals surface area contributed by atoms with Gasteiger partial charge < -0.3 is 16.4 Å². The SMILES string of the molecule is CCSCC(C)Nc1ccc(C(=O)NC)cc1N. The van der Waals surface area contributed by atoms with E-state index < -0.39 is 0 Å². The molecule has 0 saturated heterocycles. The fourth-order valence-corrected chi connectivity index (χ4v) is 2.25. The predicted molar refractivity (Wildman–Crippen MR) is 80.3 cm³/mol. The molecule has 0 aromatic heterocycles. The van der Waals surface area contributed by atoms with Gasteiger partial charge in [0.15, 0.2) is 0 Å². The van der Waals surface area contributed by atoms with Gasteiger partial charge in [0, 0.05) is 24.4 Å². The van der Waals surface area contributed by atoms with Gasteiger partial charge in [0.05, 0.1) is 11.4 Å². The minimum absolute atomic E-state index is 0.122. The molecule has 100 valence electrons. The molecule has 0 radical (unpaired) electrons. The Morgan fingerprint density at radius 3 is 2.78 bits per heavy atom. The fraction of sp³-hybridized carbons (Fsp3) is 0.462. The van der Waals surface area contributed by atoms with E-state index in [9.17, 15) is 4.79 Å². The fourth-order valence-electron chi connectivity index (χ4n) is 1.58. The molecule has 1 amide bonds. The number of carbonyl (C=O) groups is 1. The minimum Gasteiger partial charge on any atom is -0.397 e. The lowest BCUT2D eigenvalue weighted by Gasteiger charge is -2.16. The van der Waals surface area contributed by atoms with E-state index in [0.717, 1.165) is 17.2 Å². The van der Waals surface area contributed by atoms with Crippen molar-refractivity contribution in [1.82, 2.24) is 5.32 Å². The number of anilines is 2. The van der Waals surface area contributed by atoms with Crippen molar-refractivity contribution in [2.24, 2.45) is 0 Å². The second-order valence-corrected chi connectivity index (χ2v) is 5.40. The van der Waals surface area contributed by atoms with E-state index in [-0.39, 0.29) is 5.91 Å². The molecule has 0 bridgehead atoms. The summed E-state index contributed by atoms with van der Waals surface area (Å²) in [6.45, 7) is 4.26. The van der Waals surface area contributed by atoms with Crippen molar-refractivity contribution < 1.29 is 4.79 Å². The number of nitrogen functional groups attached to an aromatic ring is 1. The monoisotopic (exact) mass is 267 g/mol. The summed E-state index contributed by atoms with van der Waals surface area (Å²) in [4.78, 5) is 11.5. The van der Waals surface area contributed by atoms with Gasteiger partial charge in [-0.1, -0.05) is 6.92 Å². The van der Waals surface area contributed by atoms with Crippen molar-refractivity contribution in [2.45, 2.75) is 19.9 Å². The molecule has 0 aliphatic heterocycles.